The van der Waals surface area contributed by atoms with Crippen LogP contribution in [0.3, 0.4) is 0 Å². The summed E-state index contributed by atoms with van der Waals surface area (Å²) in [6.07, 6.45) is 2.53. The minimum absolute atomic E-state index is 0.627. The van der Waals surface area contributed by atoms with Crippen molar-refractivity contribution in [1.29, 1.82) is 0 Å². The Morgan fingerprint density at radius 3 is 2.77 bits per heavy atom. The second-order valence-electron chi connectivity index (χ2n) is 3.13. The van der Waals surface area contributed by atoms with Gasteiger partial charge in [-0.25, -0.2) is 4.99 Å². The van der Waals surface area contributed by atoms with Crippen molar-refractivity contribution in [3.05, 3.63) is 11.1 Å². The number of guanidine groups is 1. The highest BCUT2D eigenvalue weighted by Crippen LogP contribution is 2.18. The Bertz CT molecular complexity index is 209. The molecular weight excluding hydrogens is 230 g/mol. The SMILES string of the molecule is C=C(Br)CN=C(NCC)NC1CC1. The van der Waals surface area contributed by atoms with Crippen LogP contribution in [0.2, 0.25) is 0 Å². The molecule has 0 aromatic carbocycles. The van der Waals surface area contributed by atoms with Crippen LogP contribution in [-0.4, -0.2) is 25.1 Å². The number of hydrogen-bond acceptors (Lipinski definition) is 1. The predicted octanol–water partition coefficient (Wildman–Crippen LogP) is 1.61. The molecule has 0 aromatic rings. The van der Waals surface area contributed by atoms with Crippen molar-refractivity contribution in [3.8, 4) is 0 Å². The Kier molecular flexibility index (Phi) is 4.28. The van der Waals surface area contributed by atoms with Crippen LogP contribution in [-0.2, 0) is 0 Å². The first kappa shape index (κ1) is 10.6. The van der Waals surface area contributed by atoms with Gasteiger partial charge < -0.3 is 10.6 Å². The lowest BCUT2D eigenvalue weighted by atomic mass is 10.6. The van der Waals surface area contributed by atoms with Crippen molar-refractivity contribution in [2.45, 2.75) is 25.8 Å². The van der Waals surface area contributed by atoms with E-state index in [2.05, 4.69) is 45.1 Å². The maximum atomic E-state index is 4.34. The van der Waals surface area contributed by atoms with Crippen LogP contribution in [0, 0.1) is 0 Å². The number of nitrogens with one attached hydrogen (secondary N) is 2. The second kappa shape index (κ2) is 5.27. The highest BCUT2D eigenvalue weighted by atomic mass is 79.9. The molecule has 74 valence electrons. The van der Waals surface area contributed by atoms with E-state index in [0.717, 1.165) is 17.0 Å². The van der Waals surface area contributed by atoms with E-state index in [1.165, 1.54) is 12.8 Å². The van der Waals surface area contributed by atoms with Crippen LogP contribution in [0.4, 0.5) is 0 Å². The standard InChI is InChI=1S/C9H16BrN3/c1-3-11-9(12-6-7(2)10)13-8-4-5-8/h8H,2-6H2,1H3,(H2,11,12,13). The van der Waals surface area contributed by atoms with Crippen LogP contribution in [0.1, 0.15) is 19.8 Å². The first-order valence-electron chi connectivity index (χ1n) is 4.60. The van der Waals surface area contributed by atoms with Crippen molar-refractivity contribution in [2.24, 2.45) is 4.99 Å². The lowest BCUT2D eigenvalue weighted by molar-refractivity contribution is 0.820. The summed E-state index contributed by atoms with van der Waals surface area (Å²) in [4.78, 5) is 4.34. The maximum absolute atomic E-state index is 4.34. The van der Waals surface area contributed by atoms with Gasteiger partial charge >= 0.3 is 0 Å². The van der Waals surface area contributed by atoms with Crippen LogP contribution < -0.4 is 10.6 Å². The summed E-state index contributed by atoms with van der Waals surface area (Å²) in [5.41, 5.74) is 0. The predicted molar refractivity (Wildman–Crippen MR) is 60.2 cm³/mol. The Hall–Kier alpha value is -0.510. The summed E-state index contributed by atoms with van der Waals surface area (Å²) in [6, 6.07) is 0.640. The third-order valence-electron chi connectivity index (χ3n) is 1.67. The van der Waals surface area contributed by atoms with E-state index >= 15 is 0 Å². The fourth-order valence-electron chi connectivity index (χ4n) is 0.906. The first-order chi connectivity index (χ1) is 6.22. The molecular formula is C9H16BrN3. The highest BCUT2D eigenvalue weighted by molar-refractivity contribution is 9.11. The van der Waals surface area contributed by atoms with Crippen molar-refractivity contribution < 1.29 is 0 Å². The summed E-state index contributed by atoms with van der Waals surface area (Å²) < 4.78 is 0.903. The molecule has 0 saturated heterocycles. The minimum Gasteiger partial charge on any atom is -0.357 e. The molecule has 0 spiro atoms. The molecule has 13 heavy (non-hydrogen) atoms. The Balaban J connectivity index is 2.33. The van der Waals surface area contributed by atoms with Crippen LogP contribution in [0.25, 0.3) is 0 Å². The first-order valence-corrected chi connectivity index (χ1v) is 5.39. The third-order valence-corrected chi connectivity index (χ3v) is 1.92. The fourth-order valence-corrected chi connectivity index (χ4v) is 1.03. The molecule has 3 nitrogen and oxygen atoms in total. The van der Waals surface area contributed by atoms with E-state index in [-0.39, 0.29) is 0 Å². The monoisotopic (exact) mass is 245 g/mol. The molecule has 0 aliphatic heterocycles. The molecule has 1 rings (SSSR count). The molecule has 0 unspecified atom stereocenters. The van der Waals surface area contributed by atoms with Crippen LogP contribution in [0.15, 0.2) is 16.1 Å². The average molecular weight is 246 g/mol. The number of nitrogens with zero attached hydrogens (tertiary/aromatic N) is 1. The van der Waals surface area contributed by atoms with Gasteiger partial charge in [-0.2, -0.15) is 0 Å². The van der Waals surface area contributed by atoms with E-state index < -0.39 is 0 Å². The number of halogens is 1. The molecule has 1 fully saturated rings. The fraction of sp³-hybridized carbons (Fsp3) is 0.667. The van der Waals surface area contributed by atoms with E-state index in [1.807, 2.05) is 0 Å². The smallest absolute Gasteiger partial charge is 0.191 e. The minimum atomic E-state index is 0.627. The third kappa shape index (κ3) is 4.93. The van der Waals surface area contributed by atoms with Gasteiger partial charge in [0.2, 0.25) is 0 Å². The van der Waals surface area contributed by atoms with E-state index in [9.17, 15) is 0 Å². The normalized spacial score (nSPS) is 16.9. The summed E-state index contributed by atoms with van der Waals surface area (Å²) in [7, 11) is 0. The molecule has 2 N–H and O–H groups in total. The Morgan fingerprint density at radius 1 is 1.62 bits per heavy atom. The highest BCUT2D eigenvalue weighted by Gasteiger charge is 2.21. The maximum Gasteiger partial charge on any atom is 0.191 e. The van der Waals surface area contributed by atoms with Gasteiger partial charge in [-0.3, -0.25) is 0 Å². The van der Waals surface area contributed by atoms with Gasteiger partial charge in [-0.05, 0) is 19.8 Å². The topological polar surface area (TPSA) is 36.4 Å². The average Bonchev–Trinajstić information content (AvgIpc) is 2.84. The zero-order valence-corrected chi connectivity index (χ0v) is 9.52. The van der Waals surface area contributed by atoms with Gasteiger partial charge in [0.05, 0.1) is 6.54 Å². The van der Waals surface area contributed by atoms with E-state index in [4.69, 9.17) is 0 Å². The van der Waals surface area contributed by atoms with Gasteiger partial charge in [-0.1, -0.05) is 22.5 Å². The zero-order valence-electron chi connectivity index (χ0n) is 7.94. The van der Waals surface area contributed by atoms with Crippen molar-refractivity contribution in [1.82, 2.24) is 10.6 Å². The van der Waals surface area contributed by atoms with E-state index in [0.29, 0.717) is 12.6 Å². The largest absolute Gasteiger partial charge is 0.357 e. The molecule has 1 aliphatic carbocycles. The lowest BCUT2D eigenvalue weighted by Gasteiger charge is -2.09. The zero-order chi connectivity index (χ0) is 9.68. The van der Waals surface area contributed by atoms with Gasteiger partial charge in [-0.15, -0.1) is 0 Å². The van der Waals surface area contributed by atoms with Gasteiger partial charge in [0.15, 0.2) is 5.96 Å². The Morgan fingerprint density at radius 2 is 2.31 bits per heavy atom. The summed E-state index contributed by atoms with van der Waals surface area (Å²) in [5, 5.41) is 6.51. The molecule has 0 amide bonds. The van der Waals surface area contributed by atoms with Gasteiger partial charge in [0, 0.05) is 17.1 Å². The Labute approximate surface area is 87.8 Å². The molecule has 0 radical (unpaired) electrons. The summed E-state index contributed by atoms with van der Waals surface area (Å²) >= 11 is 3.28. The van der Waals surface area contributed by atoms with Gasteiger partial charge in [0.1, 0.15) is 0 Å². The molecule has 0 atom stereocenters. The summed E-state index contributed by atoms with van der Waals surface area (Å²) in [5.74, 6) is 0.894. The molecule has 1 saturated carbocycles. The van der Waals surface area contributed by atoms with Crippen molar-refractivity contribution >= 4 is 21.9 Å². The molecule has 0 aromatic heterocycles. The van der Waals surface area contributed by atoms with Gasteiger partial charge in [0.25, 0.3) is 0 Å². The number of hydrogen-bond donors (Lipinski definition) is 2. The number of rotatable bonds is 4. The molecule has 1 aliphatic rings. The van der Waals surface area contributed by atoms with Crippen LogP contribution >= 0.6 is 15.9 Å². The van der Waals surface area contributed by atoms with Crippen LogP contribution in [0.5, 0.6) is 0 Å². The number of aliphatic imine (C=N–C) groups is 1. The van der Waals surface area contributed by atoms with Crippen molar-refractivity contribution in [2.75, 3.05) is 13.1 Å². The molecule has 0 heterocycles. The lowest BCUT2D eigenvalue weighted by Crippen LogP contribution is -2.38. The quantitative estimate of drug-likeness (QED) is 0.584. The molecule has 0 bridgehead atoms. The van der Waals surface area contributed by atoms with E-state index in [1.54, 1.807) is 0 Å². The molecule has 4 heteroatoms. The summed E-state index contributed by atoms with van der Waals surface area (Å²) in [6.45, 7) is 7.32. The second-order valence-corrected chi connectivity index (χ2v) is 4.25. The van der Waals surface area contributed by atoms with Crippen molar-refractivity contribution in [3.63, 3.8) is 0 Å².